The smallest absolute Gasteiger partial charge is 0.336 e. The Labute approximate surface area is 212 Å². The standard InChI is InChI=1S/C28H26N4O5/c1-4-18-10-13-20(14-11-18)32-27(33)21-8-6-7-9-22(21)31(28(32)34)17-25-29-26(30-37-25)19-12-15-23(36-5-2)24(16-19)35-3/h6-16H,4-5,17H2,1-3H3. The minimum atomic E-state index is -0.490. The molecule has 5 rings (SSSR count). The van der Waals surface area contributed by atoms with Gasteiger partial charge in [-0.1, -0.05) is 36.3 Å². The van der Waals surface area contributed by atoms with Gasteiger partial charge in [0.25, 0.3) is 5.56 Å². The van der Waals surface area contributed by atoms with E-state index in [4.69, 9.17) is 14.0 Å². The molecule has 188 valence electrons. The van der Waals surface area contributed by atoms with Crippen LogP contribution < -0.4 is 20.7 Å². The highest BCUT2D eigenvalue weighted by Crippen LogP contribution is 2.31. The molecule has 0 aliphatic carbocycles. The molecule has 0 fully saturated rings. The summed E-state index contributed by atoms with van der Waals surface area (Å²) in [6.07, 6.45) is 0.858. The number of nitrogens with zero attached hydrogens (tertiary/aromatic N) is 4. The molecule has 2 heterocycles. The van der Waals surface area contributed by atoms with E-state index in [-0.39, 0.29) is 18.0 Å². The molecule has 37 heavy (non-hydrogen) atoms. The first-order valence-electron chi connectivity index (χ1n) is 12.0. The molecule has 0 unspecified atom stereocenters. The van der Waals surface area contributed by atoms with Gasteiger partial charge >= 0.3 is 5.69 Å². The summed E-state index contributed by atoms with van der Waals surface area (Å²) in [4.78, 5) is 31.4. The van der Waals surface area contributed by atoms with Crippen LogP contribution in [0.3, 0.4) is 0 Å². The molecule has 0 amide bonds. The quantitative estimate of drug-likeness (QED) is 0.316. The molecule has 5 aromatic rings. The van der Waals surface area contributed by atoms with Crippen LogP contribution in [0.1, 0.15) is 25.3 Å². The van der Waals surface area contributed by atoms with Gasteiger partial charge in [0, 0.05) is 5.56 Å². The van der Waals surface area contributed by atoms with Crippen molar-refractivity contribution in [1.29, 1.82) is 0 Å². The molecule has 3 aromatic carbocycles. The highest BCUT2D eigenvalue weighted by molar-refractivity contribution is 5.78. The second-order valence-electron chi connectivity index (χ2n) is 8.36. The molecule has 0 aliphatic heterocycles. The van der Waals surface area contributed by atoms with Gasteiger partial charge in [-0.2, -0.15) is 4.98 Å². The van der Waals surface area contributed by atoms with E-state index in [1.54, 1.807) is 55.6 Å². The van der Waals surface area contributed by atoms with Crippen molar-refractivity contribution < 1.29 is 14.0 Å². The lowest BCUT2D eigenvalue weighted by Crippen LogP contribution is -2.39. The third-order valence-electron chi connectivity index (χ3n) is 6.14. The van der Waals surface area contributed by atoms with Crippen LogP contribution in [0.5, 0.6) is 11.5 Å². The zero-order valence-electron chi connectivity index (χ0n) is 20.8. The van der Waals surface area contributed by atoms with Gasteiger partial charge in [-0.05, 0) is 61.4 Å². The van der Waals surface area contributed by atoms with E-state index in [0.29, 0.717) is 46.1 Å². The van der Waals surface area contributed by atoms with E-state index in [1.807, 2.05) is 32.0 Å². The summed E-state index contributed by atoms with van der Waals surface area (Å²) in [7, 11) is 1.56. The van der Waals surface area contributed by atoms with Gasteiger partial charge in [0.2, 0.25) is 11.7 Å². The number of ether oxygens (including phenoxy) is 2. The van der Waals surface area contributed by atoms with Gasteiger partial charge in [0.1, 0.15) is 6.54 Å². The molecule has 0 atom stereocenters. The molecule has 9 heteroatoms. The summed E-state index contributed by atoms with van der Waals surface area (Å²) in [5, 5.41) is 4.51. The van der Waals surface area contributed by atoms with Crippen LogP contribution in [0.25, 0.3) is 28.0 Å². The summed E-state index contributed by atoms with van der Waals surface area (Å²) in [5.41, 5.74) is 1.90. The molecular weight excluding hydrogens is 472 g/mol. The predicted molar refractivity (Wildman–Crippen MR) is 140 cm³/mol. The first kappa shape index (κ1) is 24.1. The van der Waals surface area contributed by atoms with E-state index in [1.165, 1.54) is 9.13 Å². The number of methoxy groups -OCH3 is 1. The largest absolute Gasteiger partial charge is 0.493 e. The van der Waals surface area contributed by atoms with Crippen LogP contribution in [0.2, 0.25) is 0 Å². The first-order valence-corrected chi connectivity index (χ1v) is 12.0. The van der Waals surface area contributed by atoms with Crippen molar-refractivity contribution in [2.45, 2.75) is 26.8 Å². The maximum Gasteiger partial charge on any atom is 0.336 e. The Balaban J connectivity index is 1.57. The van der Waals surface area contributed by atoms with Gasteiger partial charge in [0.15, 0.2) is 11.5 Å². The van der Waals surface area contributed by atoms with E-state index < -0.39 is 5.69 Å². The highest BCUT2D eigenvalue weighted by atomic mass is 16.5. The zero-order chi connectivity index (χ0) is 25.9. The molecule has 2 aromatic heterocycles. The van der Waals surface area contributed by atoms with Gasteiger partial charge in [-0.25, -0.2) is 9.36 Å². The Morgan fingerprint density at radius 2 is 1.73 bits per heavy atom. The number of hydrogen-bond acceptors (Lipinski definition) is 7. The van der Waals surface area contributed by atoms with Crippen LogP contribution in [0.15, 0.2) is 80.8 Å². The Morgan fingerprint density at radius 3 is 2.46 bits per heavy atom. The van der Waals surface area contributed by atoms with Gasteiger partial charge in [0.05, 0.1) is 30.3 Å². The first-order chi connectivity index (χ1) is 18.0. The molecule has 0 aliphatic rings. The third-order valence-corrected chi connectivity index (χ3v) is 6.14. The Hall–Kier alpha value is -4.66. The van der Waals surface area contributed by atoms with Crippen molar-refractivity contribution in [1.82, 2.24) is 19.3 Å². The second kappa shape index (κ2) is 10.1. The normalized spacial score (nSPS) is 11.1. The van der Waals surface area contributed by atoms with Gasteiger partial charge < -0.3 is 14.0 Å². The molecule has 0 saturated heterocycles. The summed E-state index contributed by atoms with van der Waals surface area (Å²) in [6.45, 7) is 4.45. The number of fused-ring (bicyclic) bond motifs is 1. The average Bonchev–Trinajstić information content (AvgIpc) is 3.40. The van der Waals surface area contributed by atoms with Crippen molar-refractivity contribution in [3.8, 4) is 28.6 Å². The number of aryl methyl sites for hydroxylation is 1. The SMILES string of the molecule is CCOc1ccc(-c2noc(Cn3c(=O)n(-c4ccc(CC)cc4)c(=O)c4ccccc43)n2)cc1OC. The molecule has 0 spiro atoms. The average molecular weight is 499 g/mol. The molecular formula is C28H26N4O5. The minimum Gasteiger partial charge on any atom is -0.493 e. The molecule has 0 N–H and O–H groups in total. The van der Waals surface area contributed by atoms with Crippen molar-refractivity contribution in [2.24, 2.45) is 0 Å². The second-order valence-corrected chi connectivity index (χ2v) is 8.36. The van der Waals surface area contributed by atoms with Crippen molar-refractivity contribution in [3.05, 3.63) is 99.0 Å². The lowest BCUT2D eigenvalue weighted by molar-refractivity contribution is 0.311. The Morgan fingerprint density at radius 1 is 0.946 bits per heavy atom. The monoisotopic (exact) mass is 498 g/mol. The maximum atomic E-state index is 13.6. The molecule has 0 saturated carbocycles. The van der Waals surface area contributed by atoms with Crippen molar-refractivity contribution in [2.75, 3.05) is 13.7 Å². The predicted octanol–water partition coefficient (Wildman–Crippen LogP) is 4.22. The van der Waals surface area contributed by atoms with E-state index in [0.717, 1.165) is 12.0 Å². The van der Waals surface area contributed by atoms with Gasteiger partial charge in [-0.3, -0.25) is 9.36 Å². The number of rotatable bonds is 8. The van der Waals surface area contributed by atoms with Gasteiger partial charge in [-0.15, -0.1) is 0 Å². The molecule has 9 nitrogen and oxygen atoms in total. The topological polar surface area (TPSA) is 101 Å². The minimum absolute atomic E-state index is 0.00612. The fourth-order valence-electron chi connectivity index (χ4n) is 4.24. The Kier molecular flexibility index (Phi) is 6.59. The zero-order valence-corrected chi connectivity index (χ0v) is 20.8. The molecule has 0 radical (unpaired) electrons. The summed E-state index contributed by atoms with van der Waals surface area (Å²) < 4.78 is 19.1. The lowest BCUT2D eigenvalue weighted by atomic mass is 10.1. The van der Waals surface area contributed by atoms with Crippen LogP contribution in [0.4, 0.5) is 0 Å². The molecule has 0 bridgehead atoms. The van der Waals surface area contributed by atoms with Crippen LogP contribution in [0, 0.1) is 0 Å². The van der Waals surface area contributed by atoms with Crippen molar-refractivity contribution in [3.63, 3.8) is 0 Å². The summed E-state index contributed by atoms with van der Waals surface area (Å²) in [5.74, 6) is 1.73. The summed E-state index contributed by atoms with van der Waals surface area (Å²) in [6, 6.07) is 19.7. The third kappa shape index (κ3) is 4.51. The van der Waals surface area contributed by atoms with E-state index >= 15 is 0 Å². The van der Waals surface area contributed by atoms with Crippen LogP contribution in [-0.4, -0.2) is 33.0 Å². The summed E-state index contributed by atoms with van der Waals surface area (Å²) >= 11 is 0. The van der Waals surface area contributed by atoms with Crippen LogP contribution in [-0.2, 0) is 13.0 Å². The van der Waals surface area contributed by atoms with Crippen LogP contribution >= 0.6 is 0 Å². The maximum absolute atomic E-state index is 13.6. The fourth-order valence-corrected chi connectivity index (χ4v) is 4.24. The number of hydrogen-bond donors (Lipinski definition) is 0. The fraction of sp³-hybridized carbons (Fsp3) is 0.214. The number of aromatic nitrogens is 4. The van der Waals surface area contributed by atoms with Crippen molar-refractivity contribution >= 4 is 10.9 Å². The number of para-hydroxylation sites is 1. The highest BCUT2D eigenvalue weighted by Gasteiger charge is 2.18. The lowest BCUT2D eigenvalue weighted by Gasteiger charge is -2.13. The van der Waals surface area contributed by atoms with E-state index in [2.05, 4.69) is 10.1 Å². The van der Waals surface area contributed by atoms with E-state index in [9.17, 15) is 9.59 Å². The number of benzene rings is 3. The Bertz CT molecular complexity index is 1680.